The van der Waals surface area contributed by atoms with Crippen molar-refractivity contribution < 1.29 is 18.3 Å². The van der Waals surface area contributed by atoms with Crippen LogP contribution in [0.2, 0.25) is 0 Å². The molecule has 1 saturated heterocycles. The van der Waals surface area contributed by atoms with Gasteiger partial charge in [-0.1, -0.05) is 0 Å². The van der Waals surface area contributed by atoms with E-state index in [0.29, 0.717) is 24.6 Å². The highest BCUT2D eigenvalue weighted by Gasteiger charge is 2.33. The summed E-state index contributed by atoms with van der Waals surface area (Å²) >= 11 is 0. The summed E-state index contributed by atoms with van der Waals surface area (Å²) in [4.78, 5) is 26.7. The molecule has 0 unspecified atom stereocenters. The maximum Gasteiger partial charge on any atom is 0.278 e. The zero-order chi connectivity index (χ0) is 19.5. The first kappa shape index (κ1) is 17.8. The molecule has 1 aliphatic rings. The number of hydrogen-bond acceptors (Lipinski definition) is 6. The van der Waals surface area contributed by atoms with Crippen molar-refractivity contribution in [2.75, 3.05) is 23.3 Å². The van der Waals surface area contributed by atoms with Gasteiger partial charge in [-0.15, -0.1) is 0 Å². The molecular weight excluding hydrogens is 368 g/mol. The van der Waals surface area contributed by atoms with Crippen LogP contribution in [0.4, 0.5) is 20.3 Å². The van der Waals surface area contributed by atoms with Crippen LogP contribution >= 0.6 is 0 Å². The van der Waals surface area contributed by atoms with Crippen molar-refractivity contribution in [1.29, 1.82) is 0 Å². The van der Waals surface area contributed by atoms with E-state index < -0.39 is 17.5 Å². The Bertz CT molecular complexity index is 976. The normalized spacial score (nSPS) is 13.7. The summed E-state index contributed by atoms with van der Waals surface area (Å²) < 4.78 is 32.1. The number of amides is 1. The molecule has 0 atom stereocenters. The number of rotatable bonds is 5. The fourth-order valence-electron chi connectivity index (χ4n) is 2.82. The van der Waals surface area contributed by atoms with Crippen molar-refractivity contribution in [3.63, 3.8) is 0 Å². The molecule has 9 heteroatoms. The Labute approximate surface area is 159 Å². The zero-order valence-corrected chi connectivity index (χ0v) is 14.5. The van der Waals surface area contributed by atoms with Gasteiger partial charge in [0.15, 0.2) is 11.5 Å². The molecule has 3 heterocycles. The molecular formula is C19H15F2N5O2. The number of ether oxygens (including phenoxy) is 1. The molecule has 0 radical (unpaired) electrons. The third kappa shape index (κ3) is 3.88. The van der Waals surface area contributed by atoms with E-state index in [-0.39, 0.29) is 17.5 Å². The van der Waals surface area contributed by atoms with Gasteiger partial charge in [0.05, 0.1) is 25.0 Å². The van der Waals surface area contributed by atoms with Crippen LogP contribution in [0.15, 0.2) is 55.1 Å². The molecule has 0 spiro atoms. The molecule has 1 aromatic carbocycles. The predicted octanol–water partition coefficient (Wildman–Crippen LogP) is 2.67. The largest absolute Gasteiger partial charge is 0.487 e. The Morgan fingerprint density at radius 2 is 1.86 bits per heavy atom. The lowest BCUT2D eigenvalue weighted by molar-refractivity contribution is 0.102. The van der Waals surface area contributed by atoms with Crippen molar-refractivity contribution >= 4 is 17.4 Å². The number of pyridine rings is 1. The van der Waals surface area contributed by atoms with E-state index in [1.165, 1.54) is 18.6 Å². The average molecular weight is 383 g/mol. The molecule has 7 nitrogen and oxygen atoms in total. The molecule has 28 heavy (non-hydrogen) atoms. The lowest BCUT2D eigenvalue weighted by Gasteiger charge is -2.40. The molecule has 142 valence electrons. The lowest BCUT2D eigenvalue weighted by atomic mass is 10.1. The number of carbonyl (C=O) groups is 1. The molecule has 1 fully saturated rings. The van der Waals surface area contributed by atoms with E-state index in [4.69, 9.17) is 4.74 Å². The third-order valence-electron chi connectivity index (χ3n) is 4.10. The molecule has 0 aliphatic carbocycles. The highest BCUT2D eigenvalue weighted by Crippen LogP contribution is 2.26. The van der Waals surface area contributed by atoms with Crippen molar-refractivity contribution in [1.82, 2.24) is 15.0 Å². The van der Waals surface area contributed by atoms with Crippen molar-refractivity contribution in [2.45, 2.75) is 6.10 Å². The Kier molecular flexibility index (Phi) is 4.79. The molecule has 4 rings (SSSR count). The second-order valence-electron chi connectivity index (χ2n) is 6.17. The number of carbonyl (C=O) groups excluding carboxylic acids is 1. The van der Waals surface area contributed by atoms with Gasteiger partial charge in [-0.2, -0.15) is 0 Å². The third-order valence-corrected chi connectivity index (χ3v) is 4.10. The fourth-order valence-corrected chi connectivity index (χ4v) is 2.82. The van der Waals surface area contributed by atoms with Gasteiger partial charge < -0.3 is 15.0 Å². The minimum atomic E-state index is -0.700. The number of nitrogens with one attached hydrogen (secondary N) is 1. The summed E-state index contributed by atoms with van der Waals surface area (Å²) in [5.74, 6) is -1.28. The van der Waals surface area contributed by atoms with Gasteiger partial charge in [0, 0.05) is 36.8 Å². The van der Waals surface area contributed by atoms with E-state index in [9.17, 15) is 13.6 Å². The molecule has 0 saturated carbocycles. The highest BCUT2D eigenvalue weighted by atomic mass is 19.1. The Hall–Kier alpha value is -3.62. The number of nitrogens with zero attached hydrogens (tertiary/aromatic N) is 4. The topological polar surface area (TPSA) is 80.2 Å². The standard InChI is InChI=1S/C19H15F2N5O2/c20-12-6-13(21)8-15(7-12)28-16-10-26(11-16)18-17(23-4-5-24-18)19(27)25-14-2-1-3-22-9-14/h1-9,16H,10-11H2,(H,25,27). The minimum Gasteiger partial charge on any atom is -0.487 e. The van der Waals surface area contributed by atoms with Gasteiger partial charge in [0.1, 0.15) is 23.5 Å². The van der Waals surface area contributed by atoms with Crippen molar-refractivity contribution in [2.24, 2.45) is 0 Å². The number of benzene rings is 1. The van der Waals surface area contributed by atoms with Crippen LogP contribution in [0.1, 0.15) is 10.5 Å². The molecule has 1 N–H and O–H groups in total. The van der Waals surface area contributed by atoms with Gasteiger partial charge in [-0.3, -0.25) is 9.78 Å². The Morgan fingerprint density at radius 3 is 2.57 bits per heavy atom. The summed E-state index contributed by atoms with van der Waals surface area (Å²) in [7, 11) is 0. The molecule has 1 aliphatic heterocycles. The first-order valence-corrected chi connectivity index (χ1v) is 8.48. The molecule has 2 aromatic heterocycles. The fraction of sp³-hybridized carbons (Fsp3) is 0.158. The van der Waals surface area contributed by atoms with Crippen LogP contribution in [0.3, 0.4) is 0 Å². The SMILES string of the molecule is O=C(Nc1cccnc1)c1nccnc1N1CC(Oc2cc(F)cc(F)c2)C1. The van der Waals surface area contributed by atoms with Crippen LogP contribution in [-0.4, -0.2) is 40.1 Å². The van der Waals surface area contributed by atoms with E-state index in [1.807, 2.05) is 4.90 Å². The van der Waals surface area contributed by atoms with Gasteiger partial charge in [-0.05, 0) is 12.1 Å². The molecule has 3 aromatic rings. The predicted molar refractivity (Wildman–Crippen MR) is 97.2 cm³/mol. The van der Waals surface area contributed by atoms with Crippen molar-refractivity contribution in [3.8, 4) is 5.75 Å². The number of halogens is 2. The summed E-state index contributed by atoms with van der Waals surface area (Å²) in [5, 5.41) is 2.72. The summed E-state index contributed by atoms with van der Waals surface area (Å²) in [6, 6.07) is 6.46. The second-order valence-corrected chi connectivity index (χ2v) is 6.17. The second kappa shape index (κ2) is 7.55. The average Bonchev–Trinajstić information content (AvgIpc) is 2.64. The van der Waals surface area contributed by atoms with Gasteiger partial charge in [0.25, 0.3) is 5.91 Å². The van der Waals surface area contributed by atoms with Crippen LogP contribution in [0, 0.1) is 11.6 Å². The quantitative estimate of drug-likeness (QED) is 0.730. The Morgan fingerprint density at radius 1 is 1.11 bits per heavy atom. The smallest absolute Gasteiger partial charge is 0.278 e. The van der Waals surface area contributed by atoms with Crippen LogP contribution < -0.4 is 15.0 Å². The lowest BCUT2D eigenvalue weighted by Crippen LogP contribution is -2.54. The van der Waals surface area contributed by atoms with Crippen LogP contribution in [0.5, 0.6) is 5.75 Å². The molecule has 1 amide bonds. The minimum absolute atomic E-state index is 0.121. The van der Waals surface area contributed by atoms with Gasteiger partial charge >= 0.3 is 0 Å². The number of hydrogen-bond donors (Lipinski definition) is 1. The van der Waals surface area contributed by atoms with E-state index in [2.05, 4.69) is 20.3 Å². The maximum absolute atomic E-state index is 13.3. The van der Waals surface area contributed by atoms with Crippen molar-refractivity contribution in [3.05, 3.63) is 72.4 Å². The monoisotopic (exact) mass is 383 g/mol. The van der Waals surface area contributed by atoms with Crippen LogP contribution in [0.25, 0.3) is 0 Å². The highest BCUT2D eigenvalue weighted by molar-refractivity contribution is 6.06. The maximum atomic E-state index is 13.3. The van der Waals surface area contributed by atoms with Crippen LogP contribution in [-0.2, 0) is 0 Å². The summed E-state index contributed by atoms with van der Waals surface area (Å²) in [5.41, 5.74) is 0.712. The summed E-state index contributed by atoms with van der Waals surface area (Å²) in [6.07, 6.45) is 5.78. The zero-order valence-electron chi connectivity index (χ0n) is 14.5. The first-order chi connectivity index (χ1) is 13.6. The Balaban J connectivity index is 1.43. The number of aromatic nitrogens is 3. The van der Waals surface area contributed by atoms with Gasteiger partial charge in [-0.25, -0.2) is 18.7 Å². The summed E-state index contributed by atoms with van der Waals surface area (Å²) in [6.45, 7) is 0.813. The first-order valence-electron chi connectivity index (χ1n) is 8.48. The van der Waals surface area contributed by atoms with E-state index in [0.717, 1.165) is 18.2 Å². The van der Waals surface area contributed by atoms with E-state index in [1.54, 1.807) is 18.3 Å². The van der Waals surface area contributed by atoms with Gasteiger partial charge in [0.2, 0.25) is 0 Å². The van der Waals surface area contributed by atoms with E-state index >= 15 is 0 Å². The number of anilines is 2. The molecule has 0 bridgehead atoms.